The molecule has 5 rings (SSSR count). The van der Waals surface area contributed by atoms with Gasteiger partial charge in [0.05, 0.1) is 11.2 Å². The van der Waals surface area contributed by atoms with E-state index < -0.39 is 0 Å². The molecule has 6 nitrogen and oxygen atoms in total. The fourth-order valence-corrected chi connectivity index (χ4v) is 4.88. The zero-order valence-corrected chi connectivity index (χ0v) is 17.2. The van der Waals surface area contributed by atoms with Crippen LogP contribution in [0.1, 0.15) is 34.8 Å². The number of carbonyl (C=O) groups excluding carboxylic acids is 1. The smallest absolute Gasteiger partial charge is 0.289 e. The van der Waals surface area contributed by atoms with Crippen LogP contribution in [0.25, 0.3) is 5.69 Å². The summed E-state index contributed by atoms with van der Waals surface area (Å²) in [4.78, 5) is 21.8. The highest BCUT2D eigenvalue weighted by atomic mass is 79.9. The molecule has 1 fully saturated rings. The number of aromatic nitrogens is 2. The number of furan rings is 1. The van der Waals surface area contributed by atoms with E-state index in [0.717, 1.165) is 25.2 Å². The summed E-state index contributed by atoms with van der Waals surface area (Å²) in [5, 5.41) is 0. The first kappa shape index (κ1) is 17.7. The van der Waals surface area contributed by atoms with E-state index in [0.29, 0.717) is 23.5 Å². The summed E-state index contributed by atoms with van der Waals surface area (Å²) in [7, 11) is 2.17. The predicted octanol–water partition coefficient (Wildman–Crippen LogP) is 3.80. The Morgan fingerprint density at radius 1 is 1.18 bits per heavy atom. The van der Waals surface area contributed by atoms with Gasteiger partial charge in [-0.05, 0) is 59.6 Å². The fourth-order valence-electron chi connectivity index (χ4n) is 4.57. The second-order valence-corrected chi connectivity index (χ2v) is 8.31. The molecule has 2 aliphatic heterocycles. The van der Waals surface area contributed by atoms with Crippen LogP contribution in [0.5, 0.6) is 0 Å². The highest BCUT2D eigenvalue weighted by molar-refractivity contribution is 9.10. The summed E-state index contributed by atoms with van der Waals surface area (Å²) < 4.78 is 8.26. The third-order valence-corrected chi connectivity index (χ3v) is 6.53. The standard InChI is InChI=1S/C21H21BrN4O2/c1-24-14-15-4-2-3-5-16(15)26-13-10-23-20(26)21(24)8-11-25(12-9-21)19(27)17-6-7-18(22)28-17/h2-7,10,13H,8-9,11-12,14H2,1H3. The summed E-state index contributed by atoms with van der Waals surface area (Å²) in [6, 6.07) is 12.0. The maximum absolute atomic E-state index is 12.8. The number of likely N-dealkylation sites (tertiary alicyclic amines) is 1. The molecule has 3 aromatic rings. The van der Waals surface area contributed by atoms with Crippen molar-refractivity contribution in [1.29, 1.82) is 0 Å². The third kappa shape index (κ3) is 2.64. The lowest BCUT2D eigenvalue weighted by atomic mass is 9.84. The van der Waals surface area contributed by atoms with Gasteiger partial charge < -0.3 is 13.9 Å². The molecule has 2 aliphatic rings. The number of halogens is 1. The number of para-hydroxylation sites is 1. The van der Waals surface area contributed by atoms with Gasteiger partial charge in [-0.15, -0.1) is 0 Å². The highest BCUT2D eigenvalue weighted by Gasteiger charge is 2.45. The van der Waals surface area contributed by atoms with Crippen LogP contribution in [0.3, 0.4) is 0 Å². The van der Waals surface area contributed by atoms with Gasteiger partial charge in [0.15, 0.2) is 10.4 Å². The Hall–Kier alpha value is -2.38. The SMILES string of the molecule is CN1Cc2ccccc2-n2ccnc2C12CCN(C(=O)c1ccc(Br)o1)CC2. The van der Waals surface area contributed by atoms with Crippen LogP contribution >= 0.6 is 15.9 Å². The molecule has 1 saturated heterocycles. The zero-order valence-electron chi connectivity index (χ0n) is 15.6. The molecule has 4 heterocycles. The number of hydrogen-bond acceptors (Lipinski definition) is 4. The van der Waals surface area contributed by atoms with Gasteiger partial charge in [0.25, 0.3) is 5.91 Å². The van der Waals surface area contributed by atoms with E-state index in [-0.39, 0.29) is 11.4 Å². The minimum atomic E-state index is -0.191. The molecule has 1 amide bonds. The largest absolute Gasteiger partial charge is 0.444 e. The Labute approximate surface area is 171 Å². The molecule has 0 aliphatic carbocycles. The van der Waals surface area contributed by atoms with Crippen LogP contribution in [0.4, 0.5) is 0 Å². The first-order chi connectivity index (χ1) is 13.6. The van der Waals surface area contributed by atoms with Gasteiger partial charge in [-0.1, -0.05) is 18.2 Å². The van der Waals surface area contributed by atoms with E-state index in [2.05, 4.69) is 56.7 Å². The van der Waals surface area contributed by atoms with Crippen LogP contribution in [0.2, 0.25) is 0 Å². The fraction of sp³-hybridized carbons (Fsp3) is 0.333. The van der Waals surface area contributed by atoms with Crippen LogP contribution in [-0.2, 0) is 12.1 Å². The van der Waals surface area contributed by atoms with Gasteiger partial charge in [0, 0.05) is 32.0 Å². The van der Waals surface area contributed by atoms with Crippen LogP contribution in [0.15, 0.2) is 57.9 Å². The molecular formula is C21H21BrN4O2. The van der Waals surface area contributed by atoms with Crippen molar-refractivity contribution in [2.45, 2.75) is 24.9 Å². The monoisotopic (exact) mass is 440 g/mol. The van der Waals surface area contributed by atoms with Gasteiger partial charge in [-0.2, -0.15) is 0 Å². The van der Waals surface area contributed by atoms with Gasteiger partial charge >= 0.3 is 0 Å². The Balaban J connectivity index is 1.46. The van der Waals surface area contributed by atoms with E-state index in [1.54, 1.807) is 12.1 Å². The molecule has 1 spiro atoms. The minimum Gasteiger partial charge on any atom is -0.444 e. The number of fused-ring (bicyclic) bond motifs is 4. The minimum absolute atomic E-state index is 0.0524. The lowest BCUT2D eigenvalue weighted by molar-refractivity contribution is 0.0215. The third-order valence-electron chi connectivity index (χ3n) is 6.11. The van der Waals surface area contributed by atoms with E-state index in [1.807, 2.05) is 17.3 Å². The van der Waals surface area contributed by atoms with Gasteiger partial charge in [-0.3, -0.25) is 9.69 Å². The molecule has 0 atom stereocenters. The lowest BCUT2D eigenvalue weighted by Crippen LogP contribution is -2.53. The maximum Gasteiger partial charge on any atom is 0.289 e. The number of benzene rings is 1. The van der Waals surface area contributed by atoms with Crippen molar-refractivity contribution < 1.29 is 9.21 Å². The Morgan fingerprint density at radius 2 is 1.96 bits per heavy atom. The number of imidazole rings is 1. The molecular weight excluding hydrogens is 420 g/mol. The topological polar surface area (TPSA) is 54.5 Å². The van der Waals surface area contributed by atoms with Crippen molar-refractivity contribution in [3.8, 4) is 5.69 Å². The molecule has 0 radical (unpaired) electrons. The van der Waals surface area contributed by atoms with Crippen LogP contribution in [0, 0.1) is 0 Å². The van der Waals surface area contributed by atoms with Crippen molar-refractivity contribution in [2.75, 3.05) is 20.1 Å². The highest BCUT2D eigenvalue weighted by Crippen LogP contribution is 2.42. The molecule has 0 unspecified atom stereocenters. The molecule has 1 aromatic carbocycles. The second kappa shape index (κ2) is 6.60. The van der Waals surface area contributed by atoms with Crippen molar-refractivity contribution in [1.82, 2.24) is 19.4 Å². The number of nitrogens with zero attached hydrogens (tertiary/aromatic N) is 4. The number of rotatable bonds is 1. The summed E-state index contributed by atoms with van der Waals surface area (Å²) in [6.45, 7) is 2.20. The summed E-state index contributed by atoms with van der Waals surface area (Å²) in [5.41, 5.74) is 2.29. The van der Waals surface area contributed by atoms with Crippen molar-refractivity contribution >= 4 is 21.8 Å². The van der Waals surface area contributed by atoms with E-state index in [4.69, 9.17) is 9.40 Å². The molecule has 0 saturated carbocycles. The first-order valence-electron chi connectivity index (χ1n) is 9.46. The Bertz CT molecular complexity index is 1030. The van der Waals surface area contributed by atoms with Gasteiger partial charge in [0.1, 0.15) is 5.82 Å². The Kier molecular flexibility index (Phi) is 4.17. The number of hydrogen-bond donors (Lipinski definition) is 0. The van der Waals surface area contributed by atoms with E-state index in [1.165, 1.54) is 11.3 Å². The molecule has 0 N–H and O–H groups in total. The van der Waals surface area contributed by atoms with Gasteiger partial charge in [0.2, 0.25) is 0 Å². The Morgan fingerprint density at radius 3 is 2.71 bits per heavy atom. The first-order valence-corrected chi connectivity index (χ1v) is 10.3. The second-order valence-electron chi connectivity index (χ2n) is 7.53. The summed E-state index contributed by atoms with van der Waals surface area (Å²) in [6.07, 6.45) is 5.60. The van der Waals surface area contributed by atoms with Gasteiger partial charge in [-0.25, -0.2) is 4.98 Å². The molecule has 28 heavy (non-hydrogen) atoms. The summed E-state index contributed by atoms with van der Waals surface area (Å²) in [5.74, 6) is 1.39. The number of carbonyl (C=O) groups is 1. The lowest BCUT2D eigenvalue weighted by Gasteiger charge is -2.45. The van der Waals surface area contributed by atoms with Crippen LogP contribution in [-0.4, -0.2) is 45.4 Å². The van der Waals surface area contributed by atoms with Crippen molar-refractivity contribution in [2.24, 2.45) is 0 Å². The van der Waals surface area contributed by atoms with Crippen molar-refractivity contribution in [3.05, 3.63) is 70.6 Å². The average Bonchev–Trinajstić information content (AvgIpc) is 3.35. The molecule has 7 heteroatoms. The van der Waals surface area contributed by atoms with Crippen LogP contribution < -0.4 is 0 Å². The average molecular weight is 441 g/mol. The van der Waals surface area contributed by atoms with E-state index >= 15 is 0 Å². The number of piperidine rings is 1. The molecule has 144 valence electrons. The normalized spacial score (nSPS) is 18.6. The number of amides is 1. The molecule has 0 bridgehead atoms. The zero-order chi connectivity index (χ0) is 19.3. The predicted molar refractivity (Wildman–Crippen MR) is 108 cm³/mol. The maximum atomic E-state index is 12.8. The van der Waals surface area contributed by atoms with Crippen molar-refractivity contribution in [3.63, 3.8) is 0 Å². The van der Waals surface area contributed by atoms with E-state index in [9.17, 15) is 4.79 Å². The summed E-state index contributed by atoms with van der Waals surface area (Å²) >= 11 is 3.27. The quantitative estimate of drug-likeness (QED) is 0.577. The molecule has 2 aromatic heterocycles.